The minimum absolute atomic E-state index is 0.488. The van der Waals surface area contributed by atoms with Crippen molar-refractivity contribution in [2.24, 2.45) is 0 Å². The quantitative estimate of drug-likeness (QED) is 0.559. The molecule has 0 spiro atoms. The molecule has 1 radical (unpaired) electrons. The number of nitriles is 2. The zero-order valence-electron chi connectivity index (χ0n) is 5.30. The van der Waals surface area contributed by atoms with Crippen molar-refractivity contribution in [3.63, 3.8) is 0 Å². The first-order valence-corrected chi connectivity index (χ1v) is 3.42. The summed E-state index contributed by atoms with van der Waals surface area (Å²) >= 11 is 1.19. The average Bonchev–Trinajstić information content (AvgIpc) is 2.30. The van der Waals surface area contributed by atoms with E-state index in [1.54, 1.807) is 6.92 Å². The Balaban J connectivity index is 3.28. The highest BCUT2D eigenvalue weighted by Gasteiger charge is 2.04. The minimum atomic E-state index is 0.488. The van der Waals surface area contributed by atoms with Gasteiger partial charge >= 0.3 is 0 Å². The van der Waals surface area contributed by atoms with Crippen LogP contribution >= 0.6 is 11.3 Å². The van der Waals surface area contributed by atoms with Gasteiger partial charge in [0.2, 0.25) is 0 Å². The van der Waals surface area contributed by atoms with Crippen molar-refractivity contribution < 1.29 is 0 Å². The third-order valence-electron chi connectivity index (χ3n) is 1.18. The zero-order valence-corrected chi connectivity index (χ0v) is 6.12. The van der Waals surface area contributed by atoms with Crippen molar-refractivity contribution in [1.29, 1.82) is 10.5 Å². The number of hydrogen-bond acceptors (Lipinski definition) is 3. The second-order valence-electron chi connectivity index (χ2n) is 1.76. The van der Waals surface area contributed by atoms with Crippen LogP contribution in [0, 0.1) is 35.0 Å². The zero-order chi connectivity index (χ0) is 7.56. The SMILES string of the molecule is Cc1c(C#N)[c]sc1C#N. The molecular formula is C7H3N2S. The molecule has 3 heteroatoms. The van der Waals surface area contributed by atoms with Gasteiger partial charge in [0.05, 0.1) is 10.9 Å². The van der Waals surface area contributed by atoms with E-state index in [1.807, 2.05) is 12.1 Å². The van der Waals surface area contributed by atoms with Crippen LogP contribution < -0.4 is 0 Å². The van der Waals surface area contributed by atoms with Gasteiger partial charge in [-0.05, 0) is 12.5 Å². The van der Waals surface area contributed by atoms with E-state index in [0.29, 0.717) is 10.4 Å². The first kappa shape index (κ1) is 6.80. The second kappa shape index (κ2) is 2.51. The molecule has 0 aliphatic heterocycles. The molecule has 0 fully saturated rings. The fourth-order valence-corrected chi connectivity index (χ4v) is 1.29. The van der Waals surface area contributed by atoms with Crippen LogP contribution in [-0.2, 0) is 0 Å². The predicted molar refractivity (Wildman–Crippen MR) is 37.3 cm³/mol. The molecular weight excluding hydrogens is 144 g/mol. The normalized spacial score (nSPS) is 8.30. The Bertz CT molecular complexity index is 293. The van der Waals surface area contributed by atoms with Gasteiger partial charge in [-0.25, -0.2) is 0 Å². The highest BCUT2D eigenvalue weighted by molar-refractivity contribution is 7.10. The van der Waals surface area contributed by atoms with E-state index in [0.717, 1.165) is 5.56 Å². The lowest BCUT2D eigenvalue weighted by Crippen LogP contribution is -1.74. The van der Waals surface area contributed by atoms with Crippen LogP contribution in [0.3, 0.4) is 0 Å². The number of hydrogen-bond donors (Lipinski definition) is 0. The smallest absolute Gasteiger partial charge is 0.110 e. The topological polar surface area (TPSA) is 47.6 Å². The molecule has 47 valence electrons. The Hall–Kier alpha value is -1.32. The molecule has 0 atom stereocenters. The van der Waals surface area contributed by atoms with Crippen LogP contribution in [-0.4, -0.2) is 0 Å². The van der Waals surface area contributed by atoms with Gasteiger partial charge in [0.1, 0.15) is 17.0 Å². The fraction of sp³-hybridized carbons (Fsp3) is 0.143. The summed E-state index contributed by atoms with van der Waals surface area (Å²) in [6.07, 6.45) is 0. The molecule has 1 aromatic heterocycles. The van der Waals surface area contributed by atoms with Crippen LogP contribution in [0.15, 0.2) is 0 Å². The van der Waals surface area contributed by atoms with Gasteiger partial charge < -0.3 is 0 Å². The van der Waals surface area contributed by atoms with E-state index < -0.39 is 0 Å². The number of rotatable bonds is 0. The Morgan fingerprint density at radius 2 is 2.10 bits per heavy atom. The molecule has 0 N–H and O–H groups in total. The highest BCUT2D eigenvalue weighted by atomic mass is 32.1. The van der Waals surface area contributed by atoms with Crippen molar-refractivity contribution in [3.05, 3.63) is 21.4 Å². The molecule has 0 aliphatic carbocycles. The second-order valence-corrected chi connectivity index (χ2v) is 2.57. The van der Waals surface area contributed by atoms with E-state index >= 15 is 0 Å². The highest BCUT2D eigenvalue weighted by Crippen LogP contribution is 2.18. The van der Waals surface area contributed by atoms with Gasteiger partial charge in [0, 0.05) is 0 Å². The standard InChI is InChI=1S/C7H3N2S/c1-5-6(2-8)4-10-7(5)3-9/h1H3. The lowest BCUT2D eigenvalue weighted by atomic mass is 10.2. The van der Waals surface area contributed by atoms with Crippen LogP contribution in [0.1, 0.15) is 16.0 Å². The van der Waals surface area contributed by atoms with Crippen molar-refractivity contribution in [2.45, 2.75) is 6.92 Å². The first-order valence-electron chi connectivity index (χ1n) is 2.61. The summed E-state index contributed by atoms with van der Waals surface area (Å²) in [5.74, 6) is 0. The Morgan fingerprint density at radius 3 is 2.40 bits per heavy atom. The fourth-order valence-electron chi connectivity index (χ4n) is 0.582. The van der Waals surface area contributed by atoms with Crippen molar-refractivity contribution in [3.8, 4) is 12.1 Å². The molecule has 0 saturated carbocycles. The Kier molecular flexibility index (Phi) is 1.71. The van der Waals surface area contributed by atoms with Gasteiger partial charge in [0.15, 0.2) is 0 Å². The van der Waals surface area contributed by atoms with Gasteiger partial charge in [0.25, 0.3) is 0 Å². The summed E-state index contributed by atoms with van der Waals surface area (Å²) in [7, 11) is 0. The lowest BCUT2D eigenvalue weighted by Gasteiger charge is -1.81. The summed E-state index contributed by atoms with van der Waals surface area (Å²) in [6, 6.07) is 3.94. The van der Waals surface area contributed by atoms with E-state index in [4.69, 9.17) is 10.5 Å². The molecule has 10 heavy (non-hydrogen) atoms. The third-order valence-corrected chi connectivity index (χ3v) is 2.09. The maximum atomic E-state index is 8.46. The van der Waals surface area contributed by atoms with Gasteiger partial charge in [-0.3, -0.25) is 0 Å². The molecule has 0 saturated heterocycles. The monoisotopic (exact) mass is 147 g/mol. The molecule has 1 aromatic rings. The summed E-state index contributed by atoms with van der Waals surface area (Å²) in [5.41, 5.74) is 1.23. The molecule has 2 nitrogen and oxygen atoms in total. The van der Waals surface area contributed by atoms with Crippen LogP contribution in [0.4, 0.5) is 0 Å². The maximum Gasteiger partial charge on any atom is 0.110 e. The minimum Gasteiger partial charge on any atom is -0.192 e. The van der Waals surface area contributed by atoms with E-state index in [9.17, 15) is 0 Å². The average molecular weight is 147 g/mol. The third kappa shape index (κ3) is 0.877. The number of nitrogens with zero attached hydrogens (tertiary/aromatic N) is 2. The molecule has 1 rings (SSSR count). The van der Waals surface area contributed by atoms with Gasteiger partial charge in [-0.1, -0.05) is 0 Å². The van der Waals surface area contributed by atoms with E-state index in [2.05, 4.69) is 5.38 Å². The molecule has 0 aromatic carbocycles. The van der Waals surface area contributed by atoms with Crippen molar-refractivity contribution in [1.82, 2.24) is 0 Å². The summed E-state index contributed by atoms with van der Waals surface area (Å²) in [4.78, 5) is 0.580. The van der Waals surface area contributed by atoms with E-state index in [1.165, 1.54) is 11.3 Å². The molecule has 0 amide bonds. The summed E-state index contributed by atoms with van der Waals surface area (Å²) < 4.78 is 0. The van der Waals surface area contributed by atoms with Gasteiger partial charge in [-0.15, -0.1) is 11.3 Å². The van der Waals surface area contributed by atoms with Crippen LogP contribution in [0.2, 0.25) is 0 Å². The lowest BCUT2D eigenvalue weighted by molar-refractivity contribution is 1.41. The predicted octanol–water partition coefficient (Wildman–Crippen LogP) is 1.60. The van der Waals surface area contributed by atoms with Gasteiger partial charge in [-0.2, -0.15) is 10.5 Å². The first-order chi connectivity index (χ1) is 4.79. The molecule has 1 heterocycles. The Labute approximate surface area is 63.0 Å². The van der Waals surface area contributed by atoms with Crippen molar-refractivity contribution >= 4 is 11.3 Å². The molecule has 0 bridgehead atoms. The largest absolute Gasteiger partial charge is 0.192 e. The molecule has 0 unspecified atom stereocenters. The Morgan fingerprint density at radius 1 is 1.40 bits per heavy atom. The number of thiophene rings is 1. The van der Waals surface area contributed by atoms with E-state index in [-0.39, 0.29) is 0 Å². The summed E-state index contributed by atoms with van der Waals surface area (Å²) in [5, 5.41) is 19.6. The molecule has 0 aliphatic rings. The van der Waals surface area contributed by atoms with Crippen molar-refractivity contribution in [2.75, 3.05) is 0 Å². The van der Waals surface area contributed by atoms with Crippen LogP contribution in [0.25, 0.3) is 0 Å². The van der Waals surface area contributed by atoms with Crippen LogP contribution in [0.5, 0.6) is 0 Å². The summed E-state index contributed by atoms with van der Waals surface area (Å²) in [6.45, 7) is 1.75. The maximum absolute atomic E-state index is 8.46.